The number of halogens is 3. The number of carbonyl (C=O) groups excluding carboxylic acids is 1. The Kier molecular flexibility index (Phi) is 4.57. The molecule has 0 radical (unpaired) electrons. The van der Waals surface area contributed by atoms with Crippen molar-refractivity contribution in [2.75, 3.05) is 0 Å². The number of primary amides is 1. The number of nitrogens with two attached hydrogens (primary N) is 1. The van der Waals surface area contributed by atoms with Crippen LogP contribution in [-0.2, 0) is 6.18 Å². The molecule has 0 bridgehead atoms. The molecule has 0 aliphatic heterocycles. The molecule has 0 unspecified atom stereocenters. The van der Waals surface area contributed by atoms with E-state index in [1.54, 1.807) is 0 Å². The Morgan fingerprint density at radius 2 is 1.74 bits per heavy atom. The van der Waals surface area contributed by atoms with Crippen molar-refractivity contribution in [2.45, 2.75) is 6.18 Å². The maximum atomic E-state index is 13.2. The topological polar surface area (TPSA) is 110 Å². The van der Waals surface area contributed by atoms with Gasteiger partial charge in [0.2, 0.25) is 5.91 Å². The third-order valence-corrected chi connectivity index (χ3v) is 3.72. The monoisotopic (exact) mass is 372 g/mol. The normalized spacial score (nSPS) is 11.1. The fourth-order valence-corrected chi connectivity index (χ4v) is 2.44. The van der Waals surface area contributed by atoms with Crippen LogP contribution in [0.4, 0.5) is 18.9 Å². The summed E-state index contributed by atoms with van der Waals surface area (Å²) in [5.41, 5.74) is 14.1. The number of azide groups is 1. The van der Waals surface area contributed by atoms with Crippen LogP contribution in [0, 0.1) is 0 Å². The molecule has 0 atom stereocenters. The van der Waals surface area contributed by atoms with Crippen LogP contribution >= 0.6 is 0 Å². The van der Waals surface area contributed by atoms with E-state index in [4.69, 9.17) is 11.3 Å². The van der Waals surface area contributed by atoms with Crippen LogP contribution in [0.3, 0.4) is 0 Å². The van der Waals surface area contributed by atoms with Crippen LogP contribution in [0.2, 0.25) is 0 Å². The molecule has 1 heterocycles. The van der Waals surface area contributed by atoms with Gasteiger partial charge in [-0.3, -0.25) is 4.79 Å². The second-order valence-corrected chi connectivity index (χ2v) is 5.47. The van der Waals surface area contributed by atoms with Crippen molar-refractivity contribution in [3.63, 3.8) is 0 Å². The molecule has 0 aliphatic rings. The van der Waals surface area contributed by atoms with Gasteiger partial charge >= 0.3 is 6.18 Å². The van der Waals surface area contributed by atoms with E-state index in [-0.39, 0.29) is 11.3 Å². The molecule has 2 aromatic carbocycles. The van der Waals surface area contributed by atoms with Crippen molar-refractivity contribution in [3.05, 3.63) is 76.3 Å². The lowest BCUT2D eigenvalue weighted by Crippen LogP contribution is -2.11. The number of nitrogens with zero attached hydrogens (tertiary/aromatic N) is 5. The summed E-state index contributed by atoms with van der Waals surface area (Å²) < 4.78 is 40.6. The third-order valence-electron chi connectivity index (χ3n) is 3.72. The summed E-state index contributed by atoms with van der Waals surface area (Å²) in [4.78, 5) is 13.8. The van der Waals surface area contributed by atoms with E-state index < -0.39 is 17.8 Å². The molecular weight excluding hydrogens is 361 g/mol. The molecule has 27 heavy (non-hydrogen) atoms. The number of carbonyl (C=O) groups is 1. The lowest BCUT2D eigenvalue weighted by atomic mass is 10.1. The summed E-state index contributed by atoms with van der Waals surface area (Å²) in [6.45, 7) is 0. The first-order valence-electron chi connectivity index (χ1n) is 7.52. The number of hydrogen-bond acceptors (Lipinski definition) is 3. The summed E-state index contributed by atoms with van der Waals surface area (Å²) in [5.74, 6) is -0.646. The van der Waals surface area contributed by atoms with Gasteiger partial charge < -0.3 is 5.73 Å². The van der Waals surface area contributed by atoms with Crippen LogP contribution < -0.4 is 5.73 Å². The summed E-state index contributed by atoms with van der Waals surface area (Å²) in [7, 11) is 0. The van der Waals surface area contributed by atoms with Crippen molar-refractivity contribution >= 4 is 11.6 Å². The van der Waals surface area contributed by atoms with Crippen LogP contribution in [0.15, 0.2) is 59.7 Å². The van der Waals surface area contributed by atoms with Gasteiger partial charge in [-0.25, -0.2) is 4.68 Å². The van der Waals surface area contributed by atoms with Gasteiger partial charge in [-0.05, 0) is 35.9 Å². The first-order chi connectivity index (χ1) is 12.8. The summed E-state index contributed by atoms with van der Waals surface area (Å²) >= 11 is 0. The van der Waals surface area contributed by atoms with Crippen molar-refractivity contribution in [1.82, 2.24) is 9.78 Å². The highest BCUT2D eigenvalue weighted by Crippen LogP contribution is 2.33. The quantitative estimate of drug-likeness (QED) is 0.410. The Morgan fingerprint density at radius 1 is 1.11 bits per heavy atom. The molecule has 3 rings (SSSR count). The van der Waals surface area contributed by atoms with Crippen LogP contribution in [0.25, 0.3) is 27.4 Å². The zero-order valence-electron chi connectivity index (χ0n) is 13.6. The Morgan fingerprint density at radius 3 is 2.26 bits per heavy atom. The second-order valence-electron chi connectivity index (χ2n) is 5.47. The van der Waals surface area contributed by atoms with Crippen LogP contribution in [-0.4, -0.2) is 15.7 Å². The molecule has 0 spiro atoms. The Hall–Kier alpha value is -3.78. The average Bonchev–Trinajstić information content (AvgIpc) is 3.08. The van der Waals surface area contributed by atoms with Gasteiger partial charge in [0, 0.05) is 21.7 Å². The van der Waals surface area contributed by atoms with E-state index in [0.29, 0.717) is 16.9 Å². The number of amides is 1. The first-order valence-corrected chi connectivity index (χ1v) is 7.52. The van der Waals surface area contributed by atoms with Crippen molar-refractivity contribution in [1.29, 1.82) is 0 Å². The SMILES string of the molecule is [N-]=[N+]=Nc1ccc(-c2cc(C(F)(F)F)nn2-c2ccc(C(N)=O)cc2)cc1. The molecular formula is C17H11F3N6O. The average molecular weight is 372 g/mol. The maximum absolute atomic E-state index is 13.2. The van der Waals surface area contributed by atoms with E-state index in [0.717, 1.165) is 10.7 Å². The fraction of sp³-hybridized carbons (Fsp3) is 0.0588. The molecule has 0 fully saturated rings. The standard InChI is InChI=1S/C17H11F3N6O/c18-17(19,20)15-9-14(10-1-5-12(6-2-10)23-25-22)26(24-15)13-7-3-11(4-8-13)16(21)27/h1-9H,(H2,21,27). The molecule has 2 N–H and O–H groups in total. The van der Waals surface area contributed by atoms with E-state index in [1.807, 2.05) is 0 Å². The number of aromatic nitrogens is 2. The smallest absolute Gasteiger partial charge is 0.366 e. The van der Waals surface area contributed by atoms with E-state index in [1.165, 1.54) is 48.5 Å². The van der Waals surface area contributed by atoms with Crippen molar-refractivity contribution in [2.24, 2.45) is 10.8 Å². The molecule has 136 valence electrons. The predicted molar refractivity (Wildman–Crippen MR) is 91.3 cm³/mol. The molecule has 10 heteroatoms. The number of benzene rings is 2. The number of hydrogen-bond donors (Lipinski definition) is 1. The van der Waals surface area contributed by atoms with E-state index >= 15 is 0 Å². The van der Waals surface area contributed by atoms with Gasteiger partial charge in [0.05, 0.1) is 11.4 Å². The van der Waals surface area contributed by atoms with Gasteiger partial charge in [-0.2, -0.15) is 18.3 Å². The predicted octanol–water partition coefficient (Wildman–Crippen LogP) is 4.60. The van der Waals surface area contributed by atoms with Gasteiger partial charge in [0.15, 0.2) is 5.69 Å². The van der Waals surface area contributed by atoms with Crippen LogP contribution in [0.1, 0.15) is 16.1 Å². The third kappa shape index (κ3) is 3.75. The highest BCUT2D eigenvalue weighted by Gasteiger charge is 2.35. The van der Waals surface area contributed by atoms with Gasteiger partial charge in [0.1, 0.15) is 0 Å². The highest BCUT2D eigenvalue weighted by atomic mass is 19.4. The molecule has 1 aromatic heterocycles. The van der Waals surface area contributed by atoms with Crippen molar-refractivity contribution < 1.29 is 18.0 Å². The molecule has 0 saturated heterocycles. The highest BCUT2D eigenvalue weighted by molar-refractivity contribution is 5.92. The second kappa shape index (κ2) is 6.85. The molecule has 0 saturated carbocycles. The summed E-state index contributed by atoms with van der Waals surface area (Å²) in [6.07, 6.45) is -4.63. The zero-order chi connectivity index (χ0) is 19.6. The van der Waals surface area contributed by atoms with Gasteiger partial charge in [-0.1, -0.05) is 29.4 Å². The van der Waals surface area contributed by atoms with Crippen LogP contribution in [0.5, 0.6) is 0 Å². The fourth-order valence-electron chi connectivity index (χ4n) is 2.44. The number of rotatable bonds is 4. The lowest BCUT2D eigenvalue weighted by Gasteiger charge is -2.08. The number of alkyl halides is 3. The Labute approximate surface area is 150 Å². The minimum absolute atomic E-state index is 0.182. The van der Waals surface area contributed by atoms with Gasteiger partial charge in [0.25, 0.3) is 0 Å². The molecule has 0 aliphatic carbocycles. The zero-order valence-corrected chi connectivity index (χ0v) is 13.6. The molecule has 1 amide bonds. The van der Waals surface area contributed by atoms with Crippen molar-refractivity contribution in [3.8, 4) is 16.9 Å². The lowest BCUT2D eigenvalue weighted by molar-refractivity contribution is -0.141. The Bertz CT molecular complexity index is 969. The van der Waals surface area contributed by atoms with E-state index in [2.05, 4.69) is 15.1 Å². The Balaban J connectivity index is 2.13. The molecule has 7 nitrogen and oxygen atoms in total. The molecule has 3 aromatic rings. The minimum Gasteiger partial charge on any atom is -0.366 e. The van der Waals surface area contributed by atoms with E-state index in [9.17, 15) is 18.0 Å². The van der Waals surface area contributed by atoms with Gasteiger partial charge in [-0.15, -0.1) is 0 Å². The first kappa shape index (κ1) is 18.0. The minimum atomic E-state index is -4.63. The maximum Gasteiger partial charge on any atom is 0.435 e. The largest absolute Gasteiger partial charge is 0.435 e. The summed E-state index contributed by atoms with van der Waals surface area (Å²) in [6, 6.07) is 12.6. The summed E-state index contributed by atoms with van der Waals surface area (Å²) in [5, 5.41) is 7.08.